The molecule has 0 bridgehead atoms. The third kappa shape index (κ3) is 5.40. The Morgan fingerprint density at radius 3 is 2.52 bits per heavy atom. The predicted octanol–water partition coefficient (Wildman–Crippen LogP) is 5.85. The number of para-hydroxylation sites is 1. The van der Waals surface area contributed by atoms with Gasteiger partial charge < -0.3 is 34.4 Å². The monoisotopic (exact) mass is 627 g/mol. The van der Waals surface area contributed by atoms with E-state index < -0.39 is 24.1 Å². The van der Waals surface area contributed by atoms with Crippen LogP contribution in [0.25, 0.3) is 10.9 Å². The first-order chi connectivity index (χ1) is 21.9. The van der Waals surface area contributed by atoms with E-state index in [2.05, 4.69) is 10.3 Å². The number of hydrogen-bond donors (Lipinski definition) is 3. The predicted molar refractivity (Wildman–Crippen MR) is 172 cm³/mol. The highest BCUT2D eigenvalue weighted by molar-refractivity contribution is 6.07. The molecule has 11 heteroatoms. The zero-order valence-corrected chi connectivity index (χ0v) is 26.6. The highest BCUT2D eigenvalue weighted by atomic mass is 16.5. The maximum Gasteiger partial charge on any atom is 0.352 e. The maximum absolute atomic E-state index is 14.6. The van der Waals surface area contributed by atoms with Crippen molar-refractivity contribution in [1.29, 1.82) is 0 Å². The van der Waals surface area contributed by atoms with Gasteiger partial charge in [-0.3, -0.25) is 14.5 Å². The molecular formula is C35H37N3O8. The number of carboxylic acids is 1. The summed E-state index contributed by atoms with van der Waals surface area (Å²) in [4.78, 5) is 44.5. The number of H-pyrrole nitrogens is 1. The SMILES string of the molecule is COc1cccc([C@H]2O[C@H](CC(=O)Nc3cccc4[nH]c(C(=O)O)cc34)C(=O)N3c4c(cc(C)cc42)OC[C@H]3C(C)(C)C)c1OC. The van der Waals surface area contributed by atoms with E-state index in [0.717, 1.165) is 5.56 Å². The van der Waals surface area contributed by atoms with Crippen molar-refractivity contribution in [2.45, 2.75) is 52.4 Å². The molecular weight excluding hydrogens is 590 g/mol. The van der Waals surface area contributed by atoms with E-state index in [1.165, 1.54) is 6.07 Å². The Kier molecular flexibility index (Phi) is 7.89. The van der Waals surface area contributed by atoms with Crippen LogP contribution in [-0.2, 0) is 14.3 Å². The largest absolute Gasteiger partial charge is 0.493 e. The molecule has 0 fully saturated rings. The average Bonchev–Trinajstić information content (AvgIpc) is 3.42. The number of nitrogens with zero attached hydrogens (tertiary/aromatic N) is 1. The highest BCUT2D eigenvalue weighted by Gasteiger charge is 2.47. The second-order valence-corrected chi connectivity index (χ2v) is 12.7. The minimum Gasteiger partial charge on any atom is -0.493 e. The van der Waals surface area contributed by atoms with Crippen LogP contribution in [-0.4, -0.2) is 60.8 Å². The normalized spacial score (nSPS) is 19.2. The van der Waals surface area contributed by atoms with Gasteiger partial charge in [0.2, 0.25) is 5.91 Å². The fourth-order valence-corrected chi connectivity index (χ4v) is 6.34. The summed E-state index contributed by atoms with van der Waals surface area (Å²) in [6, 6.07) is 15.6. The van der Waals surface area contributed by atoms with Crippen molar-refractivity contribution < 1.29 is 38.4 Å². The van der Waals surface area contributed by atoms with Gasteiger partial charge in [-0.05, 0) is 48.2 Å². The number of amides is 2. The Morgan fingerprint density at radius 1 is 1.07 bits per heavy atom. The highest BCUT2D eigenvalue weighted by Crippen LogP contribution is 2.51. The summed E-state index contributed by atoms with van der Waals surface area (Å²) in [7, 11) is 3.09. The smallest absolute Gasteiger partial charge is 0.352 e. The Morgan fingerprint density at radius 2 is 1.83 bits per heavy atom. The molecule has 240 valence electrons. The van der Waals surface area contributed by atoms with Gasteiger partial charge in [-0.1, -0.05) is 45.0 Å². The molecule has 0 saturated heterocycles. The molecule has 4 aromatic rings. The number of hydrogen-bond acceptors (Lipinski definition) is 7. The zero-order valence-electron chi connectivity index (χ0n) is 26.6. The second kappa shape index (κ2) is 11.7. The van der Waals surface area contributed by atoms with E-state index in [4.69, 9.17) is 18.9 Å². The molecule has 0 aliphatic carbocycles. The number of aromatic carboxylic acids is 1. The third-order valence-corrected chi connectivity index (χ3v) is 8.55. The molecule has 11 nitrogen and oxygen atoms in total. The number of rotatable bonds is 7. The van der Waals surface area contributed by atoms with Gasteiger partial charge in [0.05, 0.1) is 38.1 Å². The fourth-order valence-electron chi connectivity index (χ4n) is 6.34. The fraction of sp³-hybridized carbons (Fsp3) is 0.343. The van der Waals surface area contributed by atoms with Gasteiger partial charge in [0.1, 0.15) is 30.3 Å². The summed E-state index contributed by atoms with van der Waals surface area (Å²) in [6.45, 7) is 8.37. The minimum absolute atomic E-state index is 0.00143. The van der Waals surface area contributed by atoms with Crippen molar-refractivity contribution >= 4 is 40.1 Å². The van der Waals surface area contributed by atoms with Gasteiger partial charge in [-0.15, -0.1) is 0 Å². The molecule has 2 aliphatic heterocycles. The molecule has 0 saturated carbocycles. The number of aromatic nitrogens is 1. The molecule has 2 amide bonds. The standard InChI is InChI=1S/C35H37N3O8/c1-18-13-21-30-26(14-18)45-17-28(35(2,3)4)38(30)33(40)27(46-31(21)19-9-7-12-25(43-5)32(19)44-6)16-29(39)37-23-11-8-10-22-20(23)15-24(36-22)34(41)42/h7-15,27-28,31,36H,16-17H2,1-6H3,(H,37,39)(H,41,42)/t27-,28+,31-/m1/s1. The van der Waals surface area contributed by atoms with E-state index in [0.29, 0.717) is 50.7 Å². The first kappa shape index (κ1) is 31.0. The van der Waals surface area contributed by atoms with Gasteiger partial charge in [-0.25, -0.2) is 4.79 Å². The van der Waals surface area contributed by atoms with Crippen LogP contribution in [0.5, 0.6) is 17.2 Å². The number of nitrogens with one attached hydrogen (secondary N) is 2. The van der Waals surface area contributed by atoms with Crippen LogP contribution >= 0.6 is 0 Å². The molecule has 0 spiro atoms. The quantitative estimate of drug-likeness (QED) is 0.232. The number of ether oxygens (including phenoxy) is 4. The lowest BCUT2D eigenvalue weighted by Crippen LogP contribution is -2.56. The number of methoxy groups -OCH3 is 2. The van der Waals surface area contributed by atoms with Gasteiger partial charge >= 0.3 is 5.97 Å². The molecule has 1 aromatic heterocycles. The number of fused-ring (bicyclic) bond motifs is 1. The summed E-state index contributed by atoms with van der Waals surface area (Å²) in [5.74, 6) is -0.427. The molecule has 2 aliphatic rings. The van der Waals surface area contributed by atoms with Crippen LogP contribution in [0.2, 0.25) is 0 Å². The van der Waals surface area contributed by atoms with E-state index in [1.807, 2.05) is 52.0 Å². The first-order valence-electron chi connectivity index (χ1n) is 15.0. The number of anilines is 2. The third-order valence-electron chi connectivity index (χ3n) is 8.55. The number of benzene rings is 3. The minimum atomic E-state index is -1.19. The Balaban J connectivity index is 1.45. The summed E-state index contributed by atoms with van der Waals surface area (Å²) >= 11 is 0. The van der Waals surface area contributed by atoms with Crippen molar-refractivity contribution in [1.82, 2.24) is 4.98 Å². The molecule has 3 heterocycles. The van der Waals surface area contributed by atoms with Crippen LogP contribution in [0.1, 0.15) is 60.5 Å². The van der Waals surface area contributed by atoms with Crippen LogP contribution in [0.4, 0.5) is 11.4 Å². The molecule has 3 atom stereocenters. The van der Waals surface area contributed by atoms with Gasteiger partial charge in [-0.2, -0.15) is 0 Å². The van der Waals surface area contributed by atoms with E-state index in [-0.39, 0.29) is 36.1 Å². The Hall–Kier alpha value is -5.03. The molecule has 46 heavy (non-hydrogen) atoms. The number of aryl methyl sites for hydroxylation is 1. The zero-order chi connectivity index (χ0) is 32.9. The van der Waals surface area contributed by atoms with Crippen LogP contribution in [0, 0.1) is 12.3 Å². The van der Waals surface area contributed by atoms with Crippen molar-refractivity contribution in [3.05, 3.63) is 77.0 Å². The second-order valence-electron chi connectivity index (χ2n) is 12.7. The van der Waals surface area contributed by atoms with Gasteiger partial charge in [0.15, 0.2) is 11.5 Å². The van der Waals surface area contributed by atoms with E-state index in [1.54, 1.807) is 43.4 Å². The van der Waals surface area contributed by atoms with Crippen molar-refractivity contribution in [2.75, 3.05) is 31.0 Å². The Labute approximate surface area is 266 Å². The molecule has 0 radical (unpaired) electrons. The molecule has 3 N–H and O–H groups in total. The topological polar surface area (TPSA) is 139 Å². The number of carbonyl (C=O) groups is 3. The van der Waals surface area contributed by atoms with E-state index >= 15 is 0 Å². The average molecular weight is 628 g/mol. The van der Waals surface area contributed by atoms with Gasteiger partial charge in [0.25, 0.3) is 5.91 Å². The number of carboxylic acid groups (broad SMARTS) is 1. The van der Waals surface area contributed by atoms with Crippen molar-refractivity contribution in [3.63, 3.8) is 0 Å². The molecule has 0 unspecified atom stereocenters. The number of aromatic amines is 1. The van der Waals surface area contributed by atoms with Crippen molar-refractivity contribution in [3.8, 4) is 17.2 Å². The summed E-state index contributed by atoms with van der Waals surface area (Å²) in [6.07, 6.45) is -2.31. The summed E-state index contributed by atoms with van der Waals surface area (Å²) in [5, 5.41) is 12.9. The van der Waals surface area contributed by atoms with Crippen LogP contribution in [0.3, 0.4) is 0 Å². The van der Waals surface area contributed by atoms with Crippen LogP contribution in [0.15, 0.2) is 54.6 Å². The Bertz CT molecular complexity index is 1860. The summed E-state index contributed by atoms with van der Waals surface area (Å²) in [5.41, 5.74) is 3.47. The molecule has 6 rings (SSSR count). The first-order valence-corrected chi connectivity index (χ1v) is 15.0. The lowest BCUT2D eigenvalue weighted by molar-refractivity contribution is -0.137. The van der Waals surface area contributed by atoms with Crippen molar-refractivity contribution in [2.24, 2.45) is 5.41 Å². The maximum atomic E-state index is 14.6. The van der Waals surface area contributed by atoms with Gasteiger partial charge in [0, 0.05) is 22.0 Å². The number of carbonyl (C=O) groups excluding carboxylic acids is 2. The van der Waals surface area contributed by atoms with E-state index in [9.17, 15) is 19.5 Å². The van der Waals surface area contributed by atoms with Crippen LogP contribution < -0.4 is 24.4 Å². The lowest BCUT2D eigenvalue weighted by atomic mass is 9.84. The molecule has 3 aromatic carbocycles. The summed E-state index contributed by atoms with van der Waals surface area (Å²) < 4.78 is 24.4. The lowest BCUT2D eigenvalue weighted by Gasteiger charge is -2.44.